The van der Waals surface area contributed by atoms with Crippen molar-refractivity contribution < 1.29 is 14.3 Å². The molecule has 4 rings (SSSR count). The second-order valence-electron chi connectivity index (χ2n) is 7.33. The number of rotatable bonds is 5. The van der Waals surface area contributed by atoms with E-state index in [9.17, 15) is 14.4 Å². The van der Waals surface area contributed by atoms with Crippen LogP contribution in [-0.4, -0.2) is 23.6 Å². The molecule has 0 saturated carbocycles. The lowest BCUT2D eigenvalue weighted by atomic mass is 9.96. The van der Waals surface area contributed by atoms with E-state index in [1.165, 1.54) is 11.7 Å². The minimum absolute atomic E-state index is 0.111. The normalized spacial score (nSPS) is 10.8. The van der Waals surface area contributed by atoms with Crippen LogP contribution in [-0.2, 0) is 11.3 Å². The number of methoxy groups -OCH3 is 1. The number of ether oxygens (including phenoxy) is 1. The van der Waals surface area contributed by atoms with Crippen molar-refractivity contribution in [1.29, 1.82) is 0 Å². The minimum Gasteiger partial charge on any atom is -0.464 e. The molecule has 1 amide bonds. The number of benzene rings is 3. The predicted molar refractivity (Wildman–Crippen MR) is 130 cm³/mol. The van der Waals surface area contributed by atoms with Gasteiger partial charge in [-0.25, -0.2) is 10.6 Å². The molecule has 0 bridgehead atoms. The Morgan fingerprint density at radius 2 is 1.70 bits per heavy atom. The minimum atomic E-state index is -0.619. The molecule has 0 unspecified atom stereocenters. The largest absolute Gasteiger partial charge is 0.464 e. The van der Waals surface area contributed by atoms with Crippen molar-refractivity contribution in [3.63, 3.8) is 0 Å². The van der Waals surface area contributed by atoms with Crippen molar-refractivity contribution in [2.75, 3.05) is 7.11 Å². The summed E-state index contributed by atoms with van der Waals surface area (Å²) in [5, 5.41) is 1.12. The first-order valence-electron chi connectivity index (χ1n) is 10.0. The molecule has 0 fully saturated rings. The molecule has 33 heavy (non-hydrogen) atoms. The van der Waals surface area contributed by atoms with Crippen molar-refractivity contribution in [2.45, 2.75) is 6.54 Å². The highest BCUT2D eigenvalue weighted by Gasteiger charge is 2.24. The van der Waals surface area contributed by atoms with E-state index in [2.05, 4.69) is 21.4 Å². The van der Waals surface area contributed by atoms with Gasteiger partial charge in [0, 0.05) is 21.0 Å². The van der Waals surface area contributed by atoms with Gasteiger partial charge in [-0.3, -0.25) is 19.6 Å². The van der Waals surface area contributed by atoms with Gasteiger partial charge in [0.25, 0.3) is 11.5 Å². The quantitative estimate of drug-likeness (QED) is 0.185. The zero-order valence-corrected chi connectivity index (χ0v) is 19.3. The number of aromatic nitrogens is 1. The van der Waals surface area contributed by atoms with E-state index >= 15 is 0 Å². The fourth-order valence-electron chi connectivity index (χ4n) is 3.80. The Bertz CT molecular complexity index is 1410. The number of hydrogen-bond donors (Lipinski definition) is 2. The van der Waals surface area contributed by atoms with Gasteiger partial charge in [0.2, 0.25) is 0 Å². The number of pyridine rings is 1. The molecule has 7 nitrogen and oxygen atoms in total. The first-order chi connectivity index (χ1) is 15.9. The van der Waals surface area contributed by atoms with Gasteiger partial charge in [0.15, 0.2) is 0 Å². The van der Waals surface area contributed by atoms with E-state index < -0.39 is 11.9 Å². The topological polar surface area (TPSA) is 103 Å². The highest BCUT2D eigenvalue weighted by atomic mass is 79.9. The molecule has 0 atom stereocenters. The van der Waals surface area contributed by atoms with Gasteiger partial charge in [-0.1, -0.05) is 58.4 Å². The summed E-state index contributed by atoms with van der Waals surface area (Å²) >= 11 is 3.47. The van der Waals surface area contributed by atoms with E-state index in [-0.39, 0.29) is 17.8 Å². The third-order valence-corrected chi connectivity index (χ3v) is 5.86. The van der Waals surface area contributed by atoms with Gasteiger partial charge < -0.3 is 4.74 Å². The summed E-state index contributed by atoms with van der Waals surface area (Å²) in [5.41, 5.74) is 4.42. The Hall–Kier alpha value is -3.75. The molecule has 0 spiro atoms. The van der Waals surface area contributed by atoms with Gasteiger partial charge in [0.05, 0.1) is 13.7 Å². The molecule has 1 heterocycles. The summed E-state index contributed by atoms with van der Waals surface area (Å²) in [4.78, 5) is 38.3. The average Bonchev–Trinajstić information content (AvgIpc) is 2.85. The standard InChI is InChI=1S/C25H20BrN3O4/c1-33-25(32)22-21(16-5-3-2-4-6-16)20-13-18(26)11-12-19(20)24(31)29(22)14-15-7-9-17(10-8-15)23(30)28-27/h2-13H,14,27H2,1H3,(H,28,30). The van der Waals surface area contributed by atoms with Crippen LogP contribution in [0.1, 0.15) is 26.4 Å². The van der Waals surface area contributed by atoms with E-state index in [4.69, 9.17) is 10.6 Å². The Labute approximate surface area is 197 Å². The van der Waals surface area contributed by atoms with Crippen molar-refractivity contribution >= 4 is 38.6 Å². The number of nitrogen functional groups attached to an aromatic ring is 1. The smallest absolute Gasteiger partial charge is 0.355 e. The summed E-state index contributed by atoms with van der Waals surface area (Å²) in [7, 11) is 1.29. The van der Waals surface area contributed by atoms with Crippen LogP contribution in [0.5, 0.6) is 0 Å². The Kier molecular flexibility index (Phi) is 6.39. The lowest BCUT2D eigenvalue weighted by molar-refractivity contribution is 0.0588. The monoisotopic (exact) mass is 505 g/mol. The second-order valence-corrected chi connectivity index (χ2v) is 8.25. The third kappa shape index (κ3) is 4.30. The number of hydrazine groups is 1. The maximum Gasteiger partial charge on any atom is 0.355 e. The fourth-order valence-corrected chi connectivity index (χ4v) is 4.16. The lowest BCUT2D eigenvalue weighted by Gasteiger charge is -2.19. The number of nitrogens with one attached hydrogen (secondary N) is 1. The van der Waals surface area contributed by atoms with E-state index in [1.807, 2.05) is 36.4 Å². The average molecular weight is 506 g/mol. The van der Waals surface area contributed by atoms with Gasteiger partial charge in [-0.15, -0.1) is 0 Å². The summed E-state index contributed by atoms with van der Waals surface area (Å²) in [5.74, 6) is 4.15. The van der Waals surface area contributed by atoms with Crippen LogP contribution < -0.4 is 16.8 Å². The molecule has 1 aromatic heterocycles. The Morgan fingerprint density at radius 1 is 1.00 bits per heavy atom. The van der Waals surface area contributed by atoms with E-state index in [1.54, 1.807) is 36.4 Å². The molecular formula is C25H20BrN3O4. The Balaban J connectivity index is 2.00. The van der Waals surface area contributed by atoms with Crippen LogP contribution in [0.25, 0.3) is 21.9 Å². The zero-order valence-electron chi connectivity index (χ0n) is 17.7. The van der Waals surface area contributed by atoms with E-state index in [0.717, 1.165) is 15.6 Å². The number of amides is 1. The third-order valence-electron chi connectivity index (χ3n) is 5.36. The van der Waals surface area contributed by atoms with Gasteiger partial charge in [-0.2, -0.15) is 0 Å². The number of carbonyl (C=O) groups excluding carboxylic acids is 2. The number of hydrogen-bond acceptors (Lipinski definition) is 5. The number of nitrogens with zero attached hydrogens (tertiary/aromatic N) is 1. The predicted octanol–water partition coefficient (Wildman–Crippen LogP) is 3.87. The van der Waals surface area contributed by atoms with Crippen LogP contribution in [0.3, 0.4) is 0 Å². The molecule has 0 saturated heterocycles. The van der Waals surface area contributed by atoms with Crippen LogP contribution in [0.15, 0.2) is 82.1 Å². The Morgan fingerprint density at radius 3 is 2.33 bits per heavy atom. The molecule has 0 aliphatic carbocycles. The first kappa shape index (κ1) is 22.4. The van der Waals surface area contributed by atoms with Crippen LogP contribution in [0, 0.1) is 0 Å². The van der Waals surface area contributed by atoms with Gasteiger partial charge in [-0.05, 0) is 46.8 Å². The molecular weight excluding hydrogens is 486 g/mol. The number of fused-ring (bicyclic) bond motifs is 1. The van der Waals surface area contributed by atoms with Crippen LogP contribution in [0.4, 0.5) is 0 Å². The molecule has 0 radical (unpaired) electrons. The van der Waals surface area contributed by atoms with Crippen LogP contribution >= 0.6 is 15.9 Å². The van der Waals surface area contributed by atoms with Crippen molar-refractivity contribution in [1.82, 2.24) is 9.99 Å². The van der Waals surface area contributed by atoms with Crippen molar-refractivity contribution in [3.8, 4) is 11.1 Å². The lowest BCUT2D eigenvalue weighted by Crippen LogP contribution is -2.30. The maximum absolute atomic E-state index is 13.5. The molecule has 0 aliphatic heterocycles. The van der Waals surface area contributed by atoms with E-state index in [0.29, 0.717) is 21.9 Å². The van der Waals surface area contributed by atoms with Crippen molar-refractivity contribution in [2.24, 2.45) is 5.84 Å². The number of halogens is 1. The summed E-state index contributed by atoms with van der Waals surface area (Å²) < 4.78 is 7.30. The van der Waals surface area contributed by atoms with Crippen LogP contribution in [0.2, 0.25) is 0 Å². The number of esters is 1. The second kappa shape index (κ2) is 9.40. The molecule has 0 aliphatic rings. The SMILES string of the molecule is COC(=O)c1c(-c2ccccc2)c2cc(Br)ccc2c(=O)n1Cc1ccc(C(=O)NN)cc1. The number of carbonyl (C=O) groups is 2. The first-order valence-corrected chi connectivity index (χ1v) is 10.8. The highest BCUT2D eigenvalue weighted by Crippen LogP contribution is 2.33. The van der Waals surface area contributed by atoms with Gasteiger partial charge in [0.1, 0.15) is 5.69 Å². The fraction of sp³-hybridized carbons (Fsp3) is 0.0800. The molecule has 166 valence electrons. The number of nitrogens with two attached hydrogens (primary N) is 1. The maximum atomic E-state index is 13.5. The highest BCUT2D eigenvalue weighted by molar-refractivity contribution is 9.10. The molecule has 8 heteroatoms. The molecule has 3 N–H and O–H groups in total. The summed E-state index contributed by atoms with van der Waals surface area (Å²) in [6, 6.07) is 21.4. The molecule has 3 aromatic carbocycles. The summed E-state index contributed by atoms with van der Waals surface area (Å²) in [6.45, 7) is 0.111. The molecule has 4 aromatic rings. The zero-order chi connectivity index (χ0) is 23.5. The van der Waals surface area contributed by atoms with Gasteiger partial charge >= 0.3 is 5.97 Å². The summed E-state index contributed by atoms with van der Waals surface area (Å²) in [6.07, 6.45) is 0. The van der Waals surface area contributed by atoms with Crippen molar-refractivity contribution in [3.05, 3.63) is 104 Å².